The number of phenolic OH excluding ortho intramolecular Hbond substituents is 1. The highest BCUT2D eigenvalue weighted by atomic mass is 16.3. The molecule has 6 heteroatoms. The molecular formula is C13H15N3O3. The van der Waals surface area contributed by atoms with Gasteiger partial charge in [0.2, 0.25) is 0 Å². The zero-order chi connectivity index (χ0) is 13.4. The standard InChI is InChI=1S/C13H15N3O3/c17-10-5-1-4-9-11(10)15-13(19)16(12(9)18)7-8-3-2-6-14-8/h1,4-5,8,14,17H,2-3,6-7H2,(H,15,19). The molecule has 0 radical (unpaired) electrons. The first-order valence-corrected chi connectivity index (χ1v) is 6.35. The normalized spacial score (nSPS) is 19.1. The van der Waals surface area contributed by atoms with E-state index in [4.69, 9.17) is 0 Å². The molecule has 0 aliphatic carbocycles. The van der Waals surface area contributed by atoms with E-state index in [1.807, 2.05) is 0 Å². The van der Waals surface area contributed by atoms with Crippen LogP contribution in [-0.4, -0.2) is 27.2 Å². The minimum atomic E-state index is -0.479. The summed E-state index contributed by atoms with van der Waals surface area (Å²) in [5.41, 5.74) is -0.635. The van der Waals surface area contributed by atoms with Crippen LogP contribution in [-0.2, 0) is 6.54 Å². The van der Waals surface area contributed by atoms with E-state index < -0.39 is 5.69 Å². The van der Waals surface area contributed by atoms with Gasteiger partial charge in [-0.15, -0.1) is 0 Å². The Morgan fingerprint density at radius 2 is 2.21 bits per heavy atom. The predicted octanol–water partition coefficient (Wildman–Crippen LogP) is 0.147. The highest BCUT2D eigenvalue weighted by Crippen LogP contribution is 2.17. The van der Waals surface area contributed by atoms with Crippen LogP contribution in [0.25, 0.3) is 10.9 Å². The summed E-state index contributed by atoms with van der Waals surface area (Å²) < 4.78 is 1.20. The molecule has 6 nitrogen and oxygen atoms in total. The van der Waals surface area contributed by atoms with Crippen molar-refractivity contribution in [2.24, 2.45) is 0 Å². The third-order valence-corrected chi connectivity index (χ3v) is 3.56. The zero-order valence-electron chi connectivity index (χ0n) is 10.3. The Hall–Kier alpha value is -2.08. The number of H-pyrrole nitrogens is 1. The van der Waals surface area contributed by atoms with Gasteiger partial charge in [0, 0.05) is 12.6 Å². The van der Waals surface area contributed by atoms with Gasteiger partial charge in [-0.25, -0.2) is 4.79 Å². The number of nitrogens with one attached hydrogen (secondary N) is 2. The van der Waals surface area contributed by atoms with Crippen LogP contribution in [0.5, 0.6) is 5.75 Å². The molecule has 0 bridgehead atoms. The van der Waals surface area contributed by atoms with Crippen molar-refractivity contribution in [3.63, 3.8) is 0 Å². The van der Waals surface area contributed by atoms with Gasteiger partial charge < -0.3 is 15.4 Å². The van der Waals surface area contributed by atoms with E-state index in [2.05, 4.69) is 10.3 Å². The molecule has 1 aromatic heterocycles. The fourth-order valence-corrected chi connectivity index (χ4v) is 2.56. The van der Waals surface area contributed by atoms with E-state index in [1.165, 1.54) is 10.6 Å². The maximum atomic E-state index is 12.3. The molecule has 1 saturated heterocycles. The molecule has 0 amide bonds. The maximum Gasteiger partial charge on any atom is 0.328 e. The third kappa shape index (κ3) is 2.04. The number of fused-ring (bicyclic) bond motifs is 1. The molecule has 2 aromatic rings. The smallest absolute Gasteiger partial charge is 0.328 e. The number of aromatic nitrogens is 2. The van der Waals surface area contributed by atoms with Crippen LogP contribution in [0.1, 0.15) is 12.8 Å². The van der Waals surface area contributed by atoms with E-state index in [0.29, 0.717) is 11.9 Å². The molecule has 0 spiro atoms. The first-order chi connectivity index (χ1) is 9.16. The summed E-state index contributed by atoms with van der Waals surface area (Å²) in [6.07, 6.45) is 2.02. The second-order valence-corrected chi connectivity index (χ2v) is 4.84. The minimum absolute atomic E-state index is 0.0853. The Bertz CT molecular complexity index is 726. The number of rotatable bonds is 2. The SMILES string of the molecule is O=c1[nH]c2c(O)cccc2c(=O)n1CC1CCCN1. The van der Waals surface area contributed by atoms with Crippen LogP contribution >= 0.6 is 0 Å². The molecule has 1 aliphatic rings. The van der Waals surface area contributed by atoms with E-state index in [0.717, 1.165) is 19.4 Å². The van der Waals surface area contributed by atoms with Gasteiger partial charge in [-0.1, -0.05) is 6.07 Å². The van der Waals surface area contributed by atoms with Gasteiger partial charge in [-0.05, 0) is 31.5 Å². The average molecular weight is 261 g/mol. The monoisotopic (exact) mass is 261 g/mol. The Morgan fingerprint density at radius 1 is 1.37 bits per heavy atom. The van der Waals surface area contributed by atoms with E-state index in [-0.39, 0.29) is 22.9 Å². The summed E-state index contributed by atoms with van der Waals surface area (Å²) in [5, 5.41) is 13.3. The maximum absolute atomic E-state index is 12.3. The number of aromatic amines is 1. The molecule has 3 N–H and O–H groups in total. The lowest BCUT2D eigenvalue weighted by Crippen LogP contribution is -2.40. The van der Waals surface area contributed by atoms with Crippen LogP contribution in [0, 0.1) is 0 Å². The van der Waals surface area contributed by atoms with E-state index in [9.17, 15) is 14.7 Å². The number of aromatic hydroxyl groups is 1. The van der Waals surface area contributed by atoms with Crippen LogP contribution < -0.4 is 16.6 Å². The molecule has 0 saturated carbocycles. The summed E-state index contributed by atoms with van der Waals surface area (Å²) in [6.45, 7) is 1.28. The zero-order valence-corrected chi connectivity index (χ0v) is 10.3. The molecule has 1 unspecified atom stereocenters. The van der Waals surface area contributed by atoms with Crippen molar-refractivity contribution in [1.29, 1.82) is 0 Å². The minimum Gasteiger partial charge on any atom is -0.506 e. The van der Waals surface area contributed by atoms with Crippen molar-refractivity contribution < 1.29 is 5.11 Å². The van der Waals surface area contributed by atoms with Crippen molar-refractivity contribution in [2.75, 3.05) is 6.54 Å². The molecule has 1 atom stereocenters. The van der Waals surface area contributed by atoms with Gasteiger partial charge in [0.1, 0.15) is 5.75 Å². The summed E-state index contributed by atoms with van der Waals surface area (Å²) in [6, 6.07) is 4.80. The summed E-state index contributed by atoms with van der Waals surface area (Å²) in [7, 11) is 0. The molecule has 2 heterocycles. The Morgan fingerprint density at radius 3 is 2.95 bits per heavy atom. The van der Waals surface area contributed by atoms with E-state index >= 15 is 0 Å². The third-order valence-electron chi connectivity index (χ3n) is 3.56. The van der Waals surface area contributed by atoms with E-state index in [1.54, 1.807) is 12.1 Å². The number of para-hydroxylation sites is 1. The lowest BCUT2D eigenvalue weighted by molar-refractivity contribution is 0.475. The molecule has 3 rings (SSSR count). The Kier molecular flexibility index (Phi) is 2.87. The van der Waals surface area contributed by atoms with Crippen LogP contribution in [0.2, 0.25) is 0 Å². The summed E-state index contributed by atoms with van der Waals surface area (Å²) in [4.78, 5) is 26.8. The quantitative estimate of drug-likeness (QED) is 0.718. The Labute approximate surface area is 108 Å². The summed E-state index contributed by atoms with van der Waals surface area (Å²) >= 11 is 0. The molecule has 19 heavy (non-hydrogen) atoms. The highest BCUT2D eigenvalue weighted by Gasteiger charge is 2.17. The van der Waals surface area contributed by atoms with Crippen LogP contribution in [0.15, 0.2) is 27.8 Å². The van der Waals surface area contributed by atoms with Crippen LogP contribution in [0.4, 0.5) is 0 Å². The fraction of sp³-hybridized carbons (Fsp3) is 0.385. The number of phenols is 1. The first kappa shape index (κ1) is 12.0. The summed E-state index contributed by atoms with van der Waals surface area (Å²) in [5.74, 6) is -0.0853. The van der Waals surface area contributed by atoms with Crippen molar-refractivity contribution in [1.82, 2.24) is 14.9 Å². The van der Waals surface area contributed by atoms with Crippen molar-refractivity contribution >= 4 is 10.9 Å². The molecule has 1 fully saturated rings. The van der Waals surface area contributed by atoms with Gasteiger partial charge in [0.15, 0.2) is 0 Å². The number of hydrogen-bond acceptors (Lipinski definition) is 4. The van der Waals surface area contributed by atoms with Gasteiger partial charge in [0.25, 0.3) is 5.56 Å². The second-order valence-electron chi connectivity index (χ2n) is 4.84. The molecule has 1 aromatic carbocycles. The van der Waals surface area contributed by atoms with Crippen molar-refractivity contribution in [2.45, 2.75) is 25.4 Å². The average Bonchev–Trinajstić information content (AvgIpc) is 2.89. The fourth-order valence-electron chi connectivity index (χ4n) is 2.56. The topological polar surface area (TPSA) is 87.1 Å². The van der Waals surface area contributed by atoms with Crippen molar-refractivity contribution in [3.8, 4) is 5.75 Å². The van der Waals surface area contributed by atoms with Gasteiger partial charge in [-0.2, -0.15) is 0 Å². The Balaban J connectivity index is 2.15. The van der Waals surface area contributed by atoms with Crippen molar-refractivity contribution in [3.05, 3.63) is 39.0 Å². The van der Waals surface area contributed by atoms with Crippen LogP contribution in [0.3, 0.4) is 0 Å². The van der Waals surface area contributed by atoms with Gasteiger partial charge in [0.05, 0.1) is 10.9 Å². The first-order valence-electron chi connectivity index (χ1n) is 6.35. The number of benzene rings is 1. The molecule has 100 valence electrons. The van der Waals surface area contributed by atoms with Gasteiger partial charge in [-0.3, -0.25) is 9.36 Å². The highest BCUT2D eigenvalue weighted by molar-refractivity contribution is 5.82. The molecule has 1 aliphatic heterocycles. The second kappa shape index (κ2) is 4.55. The predicted molar refractivity (Wildman–Crippen MR) is 71.5 cm³/mol. The molecular weight excluding hydrogens is 246 g/mol. The number of hydrogen-bond donors (Lipinski definition) is 3. The lowest BCUT2D eigenvalue weighted by Gasteiger charge is -2.12. The largest absolute Gasteiger partial charge is 0.506 e. The van der Waals surface area contributed by atoms with Gasteiger partial charge >= 0.3 is 5.69 Å². The number of nitrogens with zero attached hydrogens (tertiary/aromatic N) is 1. The lowest BCUT2D eigenvalue weighted by atomic mass is 10.2.